The molecule has 0 spiro atoms. The minimum absolute atomic E-state index is 0.157. The van der Waals surface area contributed by atoms with E-state index in [0.717, 1.165) is 37.2 Å². The summed E-state index contributed by atoms with van der Waals surface area (Å²) in [7, 11) is 0. The normalized spacial score (nSPS) is 22.8. The second-order valence-electron chi connectivity index (χ2n) is 5.99. The molecule has 2 atom stereocenters. The molecule has 2 aliphatic heterocycles. The Labute approximate surface area is 140 Å². The molecular formula is C18H18ClN3O. The molecule has 5 heteroatoms. The second-order valence-corrected chi connectivity index (χ2v) is 6.40. The quantitative estimate of drug-likeness (QED) is 0.938. The molecule has 1 saturated heterocycles. The smallest absolute Gasteiger partial charge is 0.213 e. The average molecular weight is 328 g/mol. The zero-order valence-corrected chi connectivity index (χ0v) is 13.5. The Hall–Kier alpha value is -1.91. The van der Waals surface area contributed by atoms with Crippen molar-refractivity contribution in [3.63, 3.8) is 0 Å². The van der Waals surface area contributed by atoms with Crippen LogP contribution in [-0.4, -0.2) is 30.4 Å². The lowest BCUT2D eigenvalue weighted by molar-refractivity contribution is 0.214. The Balaban J connectivity index is 1.59. The third-order valence-corrected chi connectivity index (χ3v) is 4.70. The number of hydrogen-bond donors (Lipinski definition) is 1. The molecule has 1 aromatic heterocycles. The van der Waals surface area contributed by atoms with Crippen LogP contribution in [0.4, 0.5) is 5.69 Å². The maximum Gasteiger partial charge on any atom is 0.213 e. The molecule has 118 valence electrons. The summed E-state index contributed by atoms with van der Waals surface area (Å²) >= 11 is 6.38. The van der Waals surface area contributed by atoms with Gasteiger partial charge in [-0.3, -0.25) is 4.99 Å². The fraction of sp³-hybridized carbons (Fsp3) is 0.333. The van der Waals surface area contributed by atoms with Crippen molar-refractivity contribution in [2.24, 2.45) is 4.99 Å². The van der Waals surface area contributed by atoms with Crippen molar-refractivity contribution in [2.45, 2.75) is 24.9 Å². The minimum Gasteiger partial charge on any atom is -0.473 e. The molecule has 0 bridgehead atoms. The highest BCUT2D eigenvalue weighted by Gasteiger charge is 2.21. The van der Waals surface area contributed by atoms with Gasteiger partial charge >= 0.3 is 0 Å². The van der Waals surface area contributed by atoms with Gasteiger partial charge in [0.25, 0.3) is 0 Å². The van der Waals surface area contributed by atoms with E-state index >= 15 is 0 Å². The molecule has 1 fully saturated rings. The number of pyridine rings is 1. The van der Waals surface area contributed by atoms with Gasteiger partial charge < -0.3 is 10.1 Å². The number of nitrogens with one attached hydrogen (secondary N) is 1. The maximum absolute atomic E-state index is 6.38. The molecule has 0 aliphatic carbocycles. The van der Waals surface area contributed by atoms with Crippen molar-refractivity contribution in [1.29, 1.82) is 0 Å². The van der Waals surface area contributed by atoms with Crippen molar-refractivity contribution in [3.05, 3.63) is 52.7 Å². The van der Waals surface area contributed by atoms with Gasteiger partial charge in [-0.2, -0.15) is 0 Å². The number of benzene rings is 1. The molecule has 3 heterocycles. The van der Waals surface area contributed by atoms with E-state index in [-0.39, 0.29) is 12.0 Å². The number of halogens is 1. The second kappa shape index (κ2) is 6.30. The summed E-state index contributed by atoms with van der Waals surface area (Å²) in [6.07, 6.45) is 5.76. The highest BCUT2D eigenvalue weighted by molar-refractivity contribution is 6.31. The summed E-state index contributed by atoms with van der Waals surface area (Å²) in [5.41, 5.74) is 3.32. The molecule has 4 nitrogen and oxygen atoms in total. The molecule has 23 heavy (non-hydrogen) atoms. The Kier molecular flexibility index (Phi) is 4.02. The van der Waals surface area contributed by atoms with Crippen LogP contribution in [0.3, 0.4) is 0 Å². The third-order valence-electron chi connectivity index (χ3n) is 4.39. The number of hydrogen-bond acceptors (Lipinski definition) is 4. The van der Waals surface area contributed by atoms with Gasteiger partial charge in [0.2, 0.25) is 5.88 Å². The van der Waals surface area contributed by atoms with Crippen molar-refractivity contribution in [1.82, 2.24) is 10.3 Å². The van der Waals surface area contributed by atoms with Crippen LogP contribution < -0.4 is 10.1 Å². The highest BCUT2D eigenvalue weighted by atomic mass is 35.5. The molecule has 2 aromatic rings. The molecule has 0 amide bonds. The Morgan fingerprint density at radius 1 is 1.26 bits per heavy atom. The first-order chi connectivity index (χ1) is 11.3. The standard InChI is InChI=1S/C18H18ClN3O/c19-16-11-22-18(23-14-5-6-20-10-14)8-15(16)13-7-12-3-1-2-4-17(12)21-9-13/h1-4,8-9,11,13-14,20H,5-7,10H2/t13?,14-/m1/s1. The Bertz CT molecular complexity index is 741. The SMILES string of the molecule is Clc1cnc(O[C@@H]2CCNC2)cc1C1C=Nc2ccccc2C1. The summed E-state index contributed by atoms with van der Waals surface area (Å²) in [5, 5.41) is 3.96. The molecule has 1 unspecified atom stereocenters. The summed E-state index contributed by atoms with van der Waals surface area (Å²) in [6.45, 7) is 1.87. The summed E-state index contributed by atoms with van der Waals surface area (Å²) < 4.78 is 5.95. The van der Waals surface area contributed by atoms with Gasteiger partial charge in [-0.05, 0) is 36.6 Å². The summed E-state index contributed by atoms with van der Waals surface area (Å²) in [5.74, 6) is 0.801. The van der Waals surface area contributed by atoms with Crippen molar-refractivity contribution >= 4 is 23.5 Å². The minimum atomic E-state index is 0.157. The fourth-order valence-corrected chi connectivity index (χ4v) is 3.39. The number of ether oxygens (including phenoxy) is 1. The van der Waals surface area contributed by atoms with E-state index in [4.69, 9.17) is 16.3 Å². The van der Waals surface area contributed by atoms with Crippen LogP contribution in [0.15, 0.2) is 41.5 Å². The average Bonchev–Trinajstić information content (AvgIpc) is 3.09. The number of rotatable bonds is 3. The first-order valence-corrected chi connectivity index (χ1v) is 8.32. The fourth-order valence-electron chi connectivity index (χ4n) is 3.14. The largest absolute Gasteiger partial charge is 0.473 e. The van der Waals surface area contributed by atoms with Gasteiger partial charge in [0, 0.05) is 30.9 Å². The van der Waals surface area contributed by atoms with Gasteiger partial charge in [0.1, 0.15) is 6.10 Å². The lowest BCUT2D eigenvalue weighted by Crippen LogP contribution is -2.20. The summed E-state index contributed by atoms with van der Waals surface area (Å²) in [4.78, 5) is 8.89. The third kappa shape index (κ3) is 3.09. The van der Waals surface area contributed by atoms with Crippen LogP contribution in [-0.2, 0) is 6.42 Å². The van der Waals surface area contributed by atoms with Crippen LogP contribution in [0.25, 0.3) is 0 Å². The van der Waals surface area contributed by atoms with E-state index in [9.17, 15) is 0 Å². The zero-order chi connectivity index (χ0) is 15.6. The number of nitrogens with zero attached hydrogens (tertiary/aromatic N) is 2. The van der Waals surface area contributed by atoms with Crippen molar-refractivity contribution in [2.75, 3.05) is 13.1 Å². The Morgan fingerprint density at radius 2 is 2.17 bits per heavy atom. The lowest BCUT2D eigenvalue weighted by atomic mass is 9.90. The van der Waals surface area contributed by atoms with Gasteiger partial charge in [-0.1, -0.05) is 29.8 Å². The van der Waals surface area contributed by atoms with E-state index in [1.807, 2.05) is 30.5 Å². The zero-order valence-electron chi connectivity index (χ0n) is 12.7. The van der Waals surface area contributed by atoms with E-state index in [1.165, 1.54) is 5.56 Å². The van der Waals surface area contributed by atoms with Gasteiger partial charge in [0.05, 0.1) is 10.7 Å². The van der Waals surface area contributed by atoms with E-state index in [2.05, 4.69) is 21.4 Å². The number of fused-ring (bicyclic) bond motifs is 1. The van der Waals surface area contributed by atoms with Gasteiger partial charge in [-0.25, -0.2) is 4.98 Å². The molecular weight excluding hydrogens is 310 g/mol. The van der Waals surface area contributed by atoms with E-state index in [0.29, 0.717) is 10.9 Å². The Morgan fingerprint density at radius 3 is 3.04 bits per heavy atom. The van der Waals surface area contributed by atoms with Crippen LogP contribution in [0.1, 0.15) is 23.5 Å². The number of aromatic nitrogens is 1. The first kappa shape index (κ1) is 14.7. The molecule has 4 rings (SSSR count). The lowest BCUT2D eigenvalue weighted by Gasteiger charge is -2.20. The number of para-hydroxylation sites is 1. The monoisotopic (exact) mass is 327 g/mol. The number of aliphatic imine (C=N–C) groups is 1. The summed E-state index contributed by atoms with van der Waals surface area (Å²) in [6, 6.07) is 10.2. The molecule has 2 aliphatic rings. The van der Waals surface area contributed by atoms with Crippen LogP contribution in [0, 0.1) is 0 Å². The molecule has 1 N–H and O–H groups in total. The van der Waals surface area contributed by atoms with Crippen molar-refractivity contribution in [3.8, 4) is 5.88 Å². The van der Waals surface area contributed by atoms with Gasteiger partial charge in [0.15, 0.2) is 0 Å². The van der Waals surface area contributed by atoms with Crippen LogP contribution in [0.2, 0.25) is 5.02 Å². The van der Waals surface area contributed by atoms with E-state index < -0.39 is 0 Å². The predicted molar refractivity (Wildman–Crippen MR) is 92.2 cm³/mol. The van der Waals surface area contributed by atoms with E-state index in [1.54, 1.807) is 6.20 Å². The van der Waals surface area contributed by atoms with Crippen LogP contribution in [0.5, 0.6) is 5.88 Å². The maximum atomic E-state index is 6.38. The predicted octanol–water partition coefficient (Wildman–Crippen LogP) is 3.52. The first-order valence-electron chi connectivity index (χ1n) is 7.94. The molecule has 0 saturated carbocycles. The van der Waals surface area contributed by atoms with Crippen LogP contribution >= 0.6 is 11.6 Å². The molecule has 1 aromatic carbocycles. The highest BCUT2D eigenvalue weighted by Crippen LogP contribution is 2.34. The van der Waals surface area contributed by atoms with Crippen molar-refractivity contribution < 1.29 is 4.74 Å². The molecule has 0 radical (unpaired) electrons. The van der Waals surface area contributed by atoms with Gasteiger partial charge in [-0.15, -0.1) is 0 Å². The topological polar surface area (TPSA) is 46.5 Å².